The van der Waals surface area contributed by atoms with E-state index >= 15 is 0 Å². The summed E-state index contributed by atoms with van der Waals surface area (Å²) in [5.41, 5.74) is 4.28. The Morgan fingerprint density at radius 1 is 1.09 bits per heavy atom. The molecule has 0 fully saturated rings. The van der Waals surface area contributed by atoms with Crippen LogP contribution in [0.2, 0.25) is 0 Å². The molecule has 2 aromatic rings. The molecule has 2 amide bonds. The van der Waals surface area contributed by atoms with Crippen LogP contribution in [-0.4, -0.2) is 25.1 Å². The highest BCUT2D eigenvalue weighted by Crippen LogP contribution is 2.14. The summed E-state index contributed by atoms with van der Waals surface area (Å²) >= 11 is 0. The molecule has 118 valence electrons. The minimum atomic E-state index is -0.342. The Labute approximate surface area is 134 Å². The number of amides is 2. The highest BCUT2D eigenvalue weighted by Gasteiger charge is 2.04. The van der Waals surface area contributed by atoms with E-state index < -0.39 is 0 Å². The Morgan fingerprint density at radius 2 is 1.78 bits per heavy atom. The lowest BCUT2D eigenvalue weighted by Crippen LogP contribution is -2.17. The van der Waals surface area contributed by atoms with Crippen LogP contribution >= 0.6 is 0 Å². The third-order valence-electron chi connectivity index (χ3n) is 2.98. The summed E-state index contributed by atoms with van der Waals surface area (Å²) in [6.07, 6.45) is 1.52. The molecular formula is C17H17N3O3. The fourth-order valence-corrected chi connectivity index (χ4v) is 1.91. The fraction of sp³-hybridized carbons (Fsp3) is 0.118. The normalized spacial score (nSPS) is 10.3. The number of nitrogens with one attached hydrogen (secondary N) is 2. The quantitative estimate of drug-likeness (QED) is 0.657. The van der Waals surface area contributed by atoms with Crippen LogP contribution in [-0.2, 0) is 4.79 Å². The Kier molecular flexibility index (Phi) is 5.46. The number of ether oxygens (including phenoxy) is 1. The van der Waals surface area contributed by atoms with Gasteiger partial charge in [-0.2, -0.15) is 5.10 Å². The Morgan fingerprint density at radius 3 is 2.43 bits per heavy atom. The first kappa shape index (κ1) is 16.2. The van der Waals surface area contributed by atoms with Crippen molar-refractivity contribution < 1.29 is 14.3 Å². The van der Waals surface area contributed by atoms with Crippen LogP contribution in [0.5, 0.6) is 5.75 Å². The maximum atomic E-state index is 12.0. The van der Waals surface area contributed by atoms with Crippen molar-refractivity contribution >= 4 is 23.7 Å². The summed E-state index contributed by atoms with van der Waals surface area (Å²) in [6.45, 7) is 1.42. The number of carbonyl (C=O) groups is 2. The van der Waals surface area contributed by atoms with Crippen molar-refractivity contribution in [3.8, 4) is 5.75 Å². The van der Waals surface area contributed by atoms with Gasteiger partial charge >= 0.3 is 0 Å². The number of hydrogen-bond acceptors (Lipinski definition) is 4. The Hall–Kier alpha value is -3.15. The lowest BCUT2D eigenvalue weighted by atomic mass is 10.2. The molecule has 0 unspecified atom stereocenters. The molecule has 0 atom stereocenters. The van der Waals surface area contributed by atoms with E-state index in [1.54, 1.807) is 31.4 Å². The number of hydrazone groups is 1. The van der Waals surface area contributed by atoms with Crippen LogP contribution in [0.1, 0.15) is 22.8 Å². The Bertz CT molecular complexity index is 724. The molecule has 0 heterocycles. The van der Waals surface area contributed by atoms with Crippen LogP contribution in [0.4, 0.5) is 5.69 Å². The van der Waals surface area contributed by atoms with Gasteiger partial charge in [0.1, 0.15) is 5.75 Å². The van der Waals surface area contributed by atoms with Gasteiger partial charge in [-0.05, 0) is 36.4 Å². The van der Waals surface area contributed by atoms with Crippen LogP contribution in [0.25, 0.3) is 0 Å². The predicted molar refractivity (Wildman–Crippen MR) is 88.8 cm³/mol. The van der Waals surface area contributed by atoms with Crippen molar-refractivity contribution in [2.75, 3.05) is 12.4 Å². The van der Waals surface area contributed by atoms with Gasteiger partial charge < -0.3 is 10.1 Å². The Balaban J connectivity index is 1.99. The molecule has 0 aromatic heterocycles. The maximum Gasteiger partial charge on any atom is 0.271 e. The van der Waals surface area contributed by atoms with Crippen LogP contribution < -0.4 is 15.5 Å². The highest BCUT2D eigenvalue weighted by atomic mass is 16.5. The summed E-state index contributed by atoms with van der Waals surface area (Å²) in [6, 6.07) is 13.9. The maximum absolute atomic E-state index is 12.0. The standard InChI is InChI=1S/C17H17N3O3/c1-12(21)19-15-9-7-13(8-10-15)17(22)20-18-11-14-5-3-4-6-16(14)23-2/h3-11H,1-2H3,(H,19,21)(H,20,22)/b18-11+. The van der Waals surface area contributed by atoms with Gasteiger partial charge in [0.2, 0.25) is 5.91 Å². The first-order chi connectivity index (χ1) is 11.1. The SMILES string of the molecule is COc1ccccc1/C=N/NC(=O)c1ccc(NC(C)=O)cc1. The third kappa shape index (κ3) is 4.67. The first-order valence-corrected chi connectivity index (χ1v) is 6.94. The summed E-state index contributed by atoms with van der Waals surface area (Å²) < 4.78 is 5.19. The van der Waals surface area contributed by atoms with Crippen molar-refractivity contribution in [2.45, 2.75) is 6.92 Å². The van der Waals surface area contributed by atoms with Crippen LogP contribution in [0.3, 0.4) is 0 Å². The van der Waals surface area contributed by atoms with Gasteiger partial charge in [0.15, 0.2) is 0 Å². The van der Waals surface area contributed by atoms with E-state index in [9.17, 15) is 9.59 Å². The van der Waals surface area contributed by atoms with E-state index in [0.717, 1.165) is 5.56 Å². The molecule has 23 heavy (non-hydrogen) atoms. The number of methoxy groups -OCH3 is 1. The topological polar surface area (TPSA) is 79.8 Å². The van der Waals surface area contributed by atoms with Gasteiger partial charge in [0, 0.05) is 23.7 Å². The molecule has 0 aliphatic rings. The molecule has 0 bridgehead atoms. The smallest absolute Gasteiger partial charge is 0.271 e. The van der Waals surface area contributed by atoms with Crippen molar-refractivity contribution in [3.63, 3.8) is 0 Å². The molecule has 0 aliphatic heterocycles. The lowest BCUT2D eigenvalue weighted by Gasteiger charge is -2.04. The zero-order valence-electron chi connectivity index (χ0n) is 12.9. The van der Waals surface area contributed by atoms with Gasteiger partial charge in [-0.1, -0.05) is 12.1 Å². The zero-order chi connectivity index (χ0) is 16.7. The second kappa shape index (κ2) is 7.74. The number of para-hydroxylation sites is 1. The molecule has 0 aliphatic carbocycles. The molecule has 2 N–H and O–H groups in total. The molecule has 2 aromatic carbocycles. The van der Waals surface area contributed by atoms with E-state index in [4.69, 9.17) is 4.74 Å². The third-order valence-corrected chi connectivity index (χ3v) is 2.98. The highest BCUT2D eigenvalue weighted by molar-refractivity contribution is 5.96. The average Bonchev–Trinajstić information content (AvgIpc) is 2.55. The number of carbonyl (C=O) groups excluding carboxylic acids is 2. The number of rotatable bonds is 5. The molecule has 0 saturated carbocycles. The largest absolute Gasteiger partial charge is 0.496 e. The number of anilines is 1. The second-order valence-corrected chi connectivity index (χ2v) is 4.70. The second-order valence-electron chi connectivity index (χ2n) is 4.70. The summed E-state index contributed by atoms with van der Waals surface area (Å²) in [5, 5.41) is 6.56. The van der Waals surface area contributed by atoms with E-state index in [2.05, 4.69) is 15.8 Å². The minimum Gasteiger partial charge on any atom is -0.496 e. The van der Waals surface area contributed by atoms with E-state index in [1.807, 2.05) is 24.3 Å². The van der Waals surface area contributed by atoms with E-state index in [0.29, 0.717) is 17.0 Å². The number of benzene rings is 2. The first-order valence-electron chi connectivity index (χ1n) is 6.94. The number of hydrogen-bond donors (Lipinski definition) is 2. The predicted octanol–water partition coefficient (Wildman–Crippen LogP) is 2.42. The van der Waals surface area contributed by atoms with Gasteiger partial charge in [0.25, 0.3) is 5.91 Å². The summed E-state index contributed by atoms with van der Waals surface area (Å²) in [7, 11) is 1.57. The molecule has 2 rings (SSSR count). The van der Waals surface area contributed by atoms with Crippen molar-refractivity contribution in [2.24, 2.45) is 5.10 Å². The molecular weight excluding hydrogens is 294 g/mol. The molecule has 6 nitrogen and oxygen atoms in total. The fourth-order valence-electron chi connectivity index (χ4n) is 1.91. The molecule has 0 spiro atoms. The average molecular weight is 311 g/mol. The van der Waals surface area contributed by atoms with Crippen molar-refractivity contribution in [1.82, 2.24) is 5.43 Å². The van der Waals surface area contributed by atoms with Gasteiger partial charge in [-0.3, -0.25) is 9.59 Å². The minimum absolute atomic E-state index is 0.163. The van der Waals surface area contributed by atoms with Gasteiger partial charge in [-0.15, -0.1) is 0 Å². The molecule has 0 saturated heterocycles. The van der Waals surface area contributed by atoms with Crippen LogP contribution in [0, 0.1) is 0 Å². The lowest BCUT2D eigenvalue weighted by molar-refractivity contribution is -0.114. The van der Waals surface area contributed by atoms with E-state index in [1.165, 1.54) is 13.1 Å². The number of nitrogens with zero attached hydrogens (tertiary/aromatic N) is 1. The van der Waals surface area contributed by atoms with Gasteiger partial charge in [-0.25, -0.2) is 5.43 Å². The molecule has 0 radical (unpaired) electrons. The summed E-state index contributed by atoms with van der Waals surface area (Å²) in [5.74, 6) is 0.166. The zero-order valence-corrected chi connectivity index (χ0v) is 12.9. The monoisotopic (exact) mass is 311 g/mol. The van der Waals surface area contributed by atoms with E-state index in [-0.39, 0.29) is 11.8 Å². The summed E-state index contributed by atoms with van der Waals surface area (Å²) in [4.78, 5) is 22.9. The molecule has 6 heteroatoms. The van der Waals surface area contributed by atoms with Crippen molar-refractivity contribution in [3.05, 3.63) is 59.7 Å². The van der Waals surface area contributed by atoms with Crippen LogP contribution in [0.15, 0.2) is 53.6 Å². The van der Waals surface area contributed by atoms with Crippen molar-refractivity contribution in [1.29, 1.82) is 0 Å². The van der Waals surface area contributed by atoms with Gasteiger partial charge in [0.05, 0.1) is 13.3 Å².